The Balaban J connectivity index is 1.35. The third-order valence-corrected chi connectivity index (χ3v) is 8.71. The van der Waals surface area contributed by atoms with E-state index in [9.17, 15) is 30.8 Å². The van der Waals surface area contributed by atoms with Gasteiger partial charge in [0.2, 0.25) is 21.8 Å². The Morgan fingerprint density at radius 2 is 1.72 bits per heavy atom. The lowest BCUT2D eigenvalue weighted by Crippen LogP contribution is -2.48. The van der Waals surface area contributed by atoms with Crippen molar-refractivity contribution in [2.24, 2.45) is 0 Å². The number of hydrogen-bond donors (Lipinski definition) is 1. The maximum Gasteiger partial charge on any atom is 0.451 e. The fourth-order valence-electron chi connectivity index (χ4n) is 4.52. The van der Waals surface area contributed by atoms with Crippen molar-refractivity contribution in [2.45, 2.75) is 68.2 Å². The van der Waals surface area contributed by atoms with Gasteiger partial charge in [-0.15, -0.1) is 0 Å². The Bertz CT molecular complexity index is 1480. The maximum atomic E-state index is 13.3. The van der Waals surface area contributed by atoms with Gasteiger partial charge in [0.05, 0.1) is 22.8 Å². The second-order valence-electron chi connectivity index (χ2n) is 9.62. The highest BCUT2D eigenvalue weighted by molar-refractivity contribution is 7.89. The van der Waals surface area contributed by atoms with Crippen molar-refractivity contribution in [3.05, 3.63) is 65.9 Å². The van der Waals surface area contributed by atoms with Gasteiger partial charge in [-0.2, -0.15) is 17.5 Å². The smallest absolute Gasteiger partial charge is 0.349 e. The van der Waals surface area contributed by atoms with Gasteiger partial charge in [0.15, 0.2) is 0 Å². The van der Waals surface area contributed by atoms with Crippen molar-refractivity contribution in [1.29, 1.82) is 0 Å². The Morgan fingerprint density at radius 3 is 2.33 bits per heavy atom. The lowest BCUT2D eigenvalue weighted by molar-refractivity contribution is -0.145. The number of aromatic nitrogens is 4. The summed E-state index contributed by atoms with van der Waals surface area (Å²) in [6.07, 6.45) is -0.0857. The summed E-state index contributed by atoms with van der Waals surface area (Å²) in [5.74, 6) is -1.74. The Kier molecular flexibility index (Phi) is 7.10. The van der Waals surface area contributed by atoms with Gasteiger partial charge in [0.25, 0.3) is 0 Å². The summed E-state index contributed by atoms with van der Waals surface area (Å²) in [5.41, 5.74) is 0.995. The van der Waals surface area contributed by atoms with E-state index in [0.29, 0.717) is 30.1 Å². The molecule has 1 aliphatic carbocycles. The number of hydrogen-bond acceptors (Lipinski definition) is 7. The van der Waals surface area contributed by atoms with Crippen LogP contribution >= 0.6 is 0 Å². The van der Waals surface area contributed by atoms with Crippen molar-refractivity contribution < 1.29 is 30.8 Å². The number of halogens is 4. The SMILES string of the molecule is C[C@H]1CC[C@@H](C(=O)NCc2cc(-c3cnc(C(F)(F)F)nc3)nc(C3CC3)n2)N1S(=O)(=O)c1ccc(F)cc1. The molecule has 1 amide bonds. The molecule has 9 nitrogen and oxygen atoms in total. The van der Waals surface area contributed by atoms with Crippen molar-refractivity contribution in [3.63, 3.8) is 0 Å². The first kappa shape index (κ1) is 27.1. The molecule has 2 aliphatic rings. The number of amides is 1. The first-order valence-corrected chi connectivity index (χ1v) is 13.7. The molecule has 14 heteroatoms. The molecule has 0 spiro atoms. The molecule has 2 atom stereocenters. The maximum absolute atomic E-state index is 13.3. The van der Waals surface area contributed by atoms with Crippen molar-refractivity contribution >= 4 is 15.9 Å². The van der Waals surface area contributed by atoms with Crippen LogP contribution in [-0.2, 0) is 27.5 Å². The molecule has 2 fully saturated rings. The van der Waals surface area contributed by atoms with Crippen LogP contribution in [0.25, 0.3) is 11.3 Å². The Hall–Kier alpha value is -3.52. The van der Waals surface area contributed by atoms with Crippen molar-refractivity contribution in [1.82, 2.24) is 29.6 Å². The molecule has 1 saturated heterocycles. The lowest BCUT2D eigenvalue weighted by atomic mass is 10.2. The molecule has 5 rings (SSSR count). The topological polar surface area (TPSA) is 118 Å². The normalized spacial score (nSPS) is 20.2. The quantitative estimate of drug-likeness (QED) is 0.434. The molecule has 2 aromatic heterocycles. The van der Waals surface area contributed by atoms with Crippen LogP contribution in [-0.4, -0.2) is 50.6 Å². The van der Waals surface area contributed by atoms with E-state index in [1.165, 1.54) is 6.07 Å². The van der Waals surface area contributed by atoms with E-state index in [2.05, 4.69) is 25.3 Å². The molecule has 0 unspecified atom stereocenters. The largest absolute Gasteiger partial charge is 0.451 e. The summed E-state index contributed by atoms with van der Waals surface area (Å²) in [4.78, 5) is 28.8. The van der Waals surface area contributed by atoms with Crippen LogP contribution < -0.4 is 5.32 Å². The molecule has 0 bridgehead atoms. The third-order valence-electron chi connectivity index (χ3n) is 6.68. The number of rotatable bonds is 7. The van der Waals surface area contributed by atoms with Gasteiger partial charge in [0.1, 0.15) is 17.7 Å². The van der Waals surface area contributed by atoms with Crippen molar-refractivity contribution in [3.8, 4) is 11.3 Å². The summed E-state index contributed by atoms with van der Waals surface area (Å²) in [6.45, 7) is 1.66. The van der Waals surface area contributed by atoms with Gasteiger partial charge < -0.3 is 5.32 Å². The molecule has 3 aromatic rings. The first-order chi connectivity index (χ1) is 18.4. The monoisotopic (exact) mass is 564 g/mol. The fraction of sp³-hybridized carbons (Fsp3) is 0.400. The lowest BCUT2D eigenvalue weighted by Gasteiger charge is -2.27. The van der Waals surface area contributed by atoms with E-state index < -0.39 is 45.8 Å². The number of nitrogens with one attached hydrogen (secondary N) is 1. The number of alkyl halides is 3. The predicted molar refractivity (Wildman–Crippen MR) is 130 cm³/mol. The molecule has 206 valence electrons. The molecule has 1 N–H and O–H groups in total. The van der Waals surface area contributed by atoms with Gasteiger partial charge in [-0.05, 0) is 62.9 Å². The van der Waals surface area contributed by atoms with Crippen LogP contribution in [0, 0.1) is 5.82 Å². The van der Waals surface area contributed by atoms with Gasteiger partial charge in [-0.3, -0.25) is 4.79 Å². The Morgan fingerprint density at radius 1 is 1.05 bits per heavy atom. The minimum atomic E-state index is -4.67. The average Bonchev–Trinajstić information content (AvgIpc) is 3.68. The highest BCUT2D eigenvalue weighted by atomic mass is 32.2. The number of carbonyl (C=O) groups excluding carboxylic acids is 1. The van der Waals surface area contributed by atoms with Crippen LogP contribution in [0.2, 0.25) is 0 Å². The molecule has 39 heavy (non-hydrogen) atoms. The third kappa shape index (κ3) is 5.76. The van der Waals surface area contributed by atoms with E-state index in [0.717, 1.165) is 53.8 Å². The van der Waals surface area contributed by atoms with Gasteiger partial charge in [-0.25, -0.2) is 32.7 Å². The molecular formula is C25H24F4N6O3S. The van der Waals surface area contributed by atoms with E-state index in [1.54, 1.807) is 6.92 Å². The van der Waals surface area contributed by atoms with E-state index in [4.69, 9.17) is 0 Å². The van der Waals surface area contributed by atoms with Crippen molar-refractivity contribution in [2.75, 3.05) is 0 Å². The predicted octanol–water partition coefficient (Wildman–Crippen LogP) is 3.83. The molecule has 0 radical (unpaired) electrons. The van der Waals surface area contributed by atoms with Gasteiger partial charge >= 0.3 is 6.18 Å². The summed E-state index contributed by atoms with van der Waals surface area (Å²) in [5, 5.41) is 2.74. The van der Waals surface area contributed by atoms with Crippen LogP contribution in [0.5, 0.6) is 0 Å². The number of benzene rings is 1. The molecule has 1 saturated carbocycles. The van der Waals surface area contributed by atoms with Crippen LogP contribution in [0.1, 0.15) is 55.9 Å². The summed E-state index contributed by atoms with van der Waals surface area (Å²) in [7, 11) is -4.06. The standard InChI is InChI=1S/C25H24F4N6O3S/c1-14-2-9-21(35(14)39(37,38)19-7-5-17(26)6-8-19)23(36)30-13-18-10-20(34-22(33-18)15-3-4-15)16-11-31-24(32-12-16)25(27,28)29/h5-8,10-12,14-15,21H,2-4,9,13H2,1H3,(H,30,36)/t14-,21-/m0/s1. The minimum Gasteiger partial charge on any atom is -0.349 e. The molecule has 3 heterocycles. The average molecular weight is 565 g/mol. The zero-order chi connectivity index (χ0) is 27.9. The zero-order valence-corrected chi connectivity index (χ0v) is 21.5. The highest BCUT2D eigenvalue weighted by Crippen LogP contribution is 2.39. The first-order valence-electron chi connectivity index (χ1n) is 12.3. The minimum absolute atomic E-state index is 0.0507. The highest BCUT2D eigenvalue weighted by Gasteiger charge is 2.43. The molecule has 1 aliphatic heterocycles. The summed E-state index contributed by atoms with van der Waals surface area (Å²) < 4.78 is 79.6. The van der Waals surface area contributed by atoms with E-state index in [1.807, 2.05) is 0 Å². The molecular weight excluding hydrogens is 540 g/mol. The van der Waals surface area contributed by atoms with Crippen LogP contribution in [0.15, 0.2) is 47.6 Å². The molecule has 1 aromatic carbocycles. The van der Waals surface area contributed by atoms with E-state index >= 15 is 0 Å². The number of nitrogens with zero attached hydrogens (tertiary/aromatic N) is 5. The van der Waals surface area contributed by atoms with Crippen LogP contribution in [0.4, 0.5) is 17.6 Å². The van der Waals surface area contributed by atoms with Gasteiger partial charge in [0, 0.05) is 29.9 Å². The van der Waals surface area contributed by atoms with Crippen LogP contribution in [0.3, 0.4) is 0 Å². The second kappa shape index (κ2) is 10.2. The van der Waals surface area contributed by atoms with Gasteiger partial charge in [-0.1, -0.05) is 0 Å². The zero-order valence-electron chi connectivity index (χ0n) is 20.7. The second-order valence-corrected chi connectivity index (χ2v) is 11.5. The van der Waals surface area contributed by atoms with E-state index in [-0.39, 0.29) is 22.9 Å². The number of carbonyl (C=O) groups is 1. The summed E-state index contributed by atoms with van der Waals surface area (Å²) in [6, 6.07) is 4.55. The summed E-state index contributed by atoms with van der Waals surface area (Å²) >= 11 is 0. The Labute approximate surface area is 221 Å². The fourth-order valence-corrected chi connectivity index (χ4v) is 6.36. The number of sulfonamides is 1.